The van der Waals surface area contributed by atoms with E-state index >= 15 is 0 Å². The van der Waals surface area contributed by atoms with Gasteiger partial charge < -0.3 is 20.5 Å². The van der Waals surface area contributed by atoms with Gasteiger partial charge in [0.1, 0.15) is 0 Å². The molecule has 0 aliphatic carbocycles. The van der Waals surface area contributed by atoms with Crippen LogP contribution in [0.2, 0.25) is 0 Å². The van der Waals surface area contributed by atoms with Gasteiger partial charge in [-0.1, -0.05) is 0 Å². The zero-order valence-corrected chi connectivity index (χ0v) is 10.4. The molecule has 100 valence electrons. The summed E-state index contributed by atoms with van der Waals surface area (Å²) in [5, 5.41) is 17.7. The van der Waals surface area contributed by atoms with Crippen LogP contribution in [0.4, 0.5) is 10.5 Å². The normalized spacial score (nSPS) is 11.9. The number of aliphatic carboxylic acids is 1. The topological polar surface area (TPSA) is 105 Å². The van der Waals surface area contributed by atoms with Crippen molar-refractivity contribution in [1.29, 1.82) is 0 Å². The molecule has 1 aromatic rings. The summed E-state index contributed by atoms with van der Waals surface area (Å²) in [7, 11) is 3.09. The molecule has 0 aromatic carbocycles. The van der Waals surface area contributed by atoms with Gasteiger partial charge in [-0.25, -0.2) is 9.59 Å². The Morgan fingerprint density at radius 2 is 2.28 bits per heavy atom. The maximum Gasteiger partial charge on any atom is 0.328 e. The van der Waals surface area contributed by atoms with Gasteiger partial charge in [0.15, 0.2) is 6.04 Å². The first-order valence-electron chi connectivity index (χ1n) is 5.23. The van der Waals surface area contributed by atoms with Crippen LogP contribution < -0.4 is 10.6 Å². The minimum absolute atomic E-state index is 0.102. The molecule has 0 aliphatic rings. The molecule has 0 radical (unpaired) electrons. The summed E-state index contributed by atoms with van der Waals surface area (Å²) in [5.74, 6) is -1.16. The Balaban J connectivity index is 2.60. The van der Waals surface area contributed by atoms with Crippen LogP contribution in [0.15, 0.2) is 6.20 Å². The van der Waals surface area contributed by atoms with Crippen molar-refractivity contribution in [2.24, 2.45) is 7.05 Å². The van der Waals surface area contributed by atoms with Crippen LogP contribution in [0.5, 0.6) is 0 Å². The molecular weight excluding hydrogens is 240 g/mol. The van der Waals surface area contributed by atoms with Crippen LogP contribution in [0, 0.1) is 6.92 Å². The van der Waals surface area contributed by atoms with E-state index in [0.717, 1.165) is 0 Å². The van der Waals surface area contributed by atoms with Crippen molar-refractivity contribution in [3.05, 3.63) is 11.9 Å². The second-order valence-corrected chi connectivity index (χ2v) is 3.75. The van der Waals surface area contributed by atoms with Crippen LogP contribution in [0.3, 0.4) is 0 Å². The molecule has 1 unspecified atom stereocenters. The molecule has 1 heterocycles. The Kier molecular flexibility index (Phi) is 4.67. The first-order valence-corrected chi connectivity index (χ1v) is 5.23. The van der Waals surface area contributed by atoms with E-state index in [1.165, 1.54) is 7.11 Å². The quantitative estimate of drug-likeness (QED) is 0.685. The van der Waals surface area contributed by atoms with Crippen molar-refractivity contribution >= 4 is 17.7 Å². The fourth-order valence-electron chi connectivity index (χ4n) is 1.38. The highest BCUT2D eigenvalue weighted by Gasteiger charge is 2.20. The number of carbonyl (C=O) groups excluding carboxylic acids is 1. The average molecular weight is 256 g/mol. The monoisotopic (exact) mass is 256 g/mol. The van der Waals surface area contributed by atoms with Crippen molar-refractivity contribution in [1.82, 2.24) is 15.1 Å². The fourth-order valence-corrected chi connectivity index (χ4v) is 1.38. The second kappa shape index (κ2) is 6.01. The molecular formula is C10H16N4O4. The van der Waals surface area contributed by atoms with Gasteiger partial charge in [0, 0.05) is 20.4 Å². The number of ether oxygens (including phenoxy) is 1. The molecule has 1 aromatic heterocycles. The lowest BCUT2D eigenvalue weighted by Gasteiger charge is -2.13. The SMILES string of the molecule is COCC(NC(=O)Nc1cn(C)nc1C)C(=O)O. The Labute approximate surface area is 104 Å². The number of rotatable bonds is 5. The second-order valence-electron chi connectivity index (χ2n) is 3.75. The van der Waals surface area contributed by atoms with E-state index in [-0.39, 0.29) is 6.61 Å². The van der Waals surface area contributed by atoms with E-state index in [1.54, 1.807) is 24.9 Å². The van der Waals surface area contributed by atoms with Crippen molar-refractivity contribution in [3.8, 4) is 0 Å². The Bertz CT molecular complexity index is 443. The van der Waals surface area contributed by atoms with E-state index in [4.69, 9.17) is 9.84 Å². The molecule has 1 atom stereocenters. The average Bonchev–Trinajstić information content (AvgIpc) is 2.56. The first kappa shape index (κ1) is 14.0. The van der Waals surface area contributed by atoms with Gasteiger partial charge in [-0.05, 0) is 6.92 Å². The molecule has 0 aliphatic heterocycles. The number of carboxylic acid groups (broad SMARTS) is 1. The number of nitrogens with zero attached hydrogens (tertiary/aromatic N) is 2. The summed E-state index contributed by atoms with van der Waals surface area (Å²) in [6, 6.07) is -1.71. The predicted octanol–water partition coefficient (Wildman–Crippen LogP) is -0.0504. The van der Waals surface area contributed by atoms with Crippen molar-refractivity contribution < 1.29 is 19.4 Å². The largest absolute Gasteiger partial charge is 0.480 e. The van der Waals surface area contributed by atoms with Crippen LogP contribution in [0.25, 0.3) is 0 Å². The number of aromatic nitrogens is 2. The summed E-state index contributed by atoms with van der Waals surface area (Å²) < 4.78 is 6.25. The maximum atomic E-state index is 11.6. The Morgan fingerprint density at radius 3 is 2.72 bits per heavy atom. The lowest BCUT2D eigenvalue weighted by atomic mass is 10.3. The highest BCUT2D eigenvalue weighted by atomic mass is 16.5. The predicted molar refractivity (Wildman–Crippen MR) is 63.4 cm³/mol. The number of amides is 2. The van der Waals surface area contributed by atoms with E-state index in [0.29, 0.717) is 11.4 Å². The first-order chi connectivity index (χ1) is 8.43. The molecule has 0 saturated carbocycles. The van der Waals surface area contributed by atoms with Crippen LogP contribution in [0.1, 0.15) is 5.69 Å². The fraction of sp³-hybridized carbons (Fsp3) is 0.500. The third-order valence-electron chi connectivity index (χ3n) is 2.20. The number of anilines is 1. The van der Waals surface area contributed by atoms with Gasteiger partial charge in [0.05, 0.1) is 18.0 Å². The van der Waals surface area contributed by atoms with Gasteiger partial charge in [-0.3, -0.25) is 4.68 Å². The van der Waals surface area contributed by atoms with Crippen LogP contribution in [-0.4, -0.2) is 46.6 Å². The third-order valence-corrected chi connectivity index (χ3v) is 2.20. The van der Waals surface area contributed by atoms with Gasteiger partial charge in [-0.2, -0.15) is 5.10 Å². The number of hydrogen-bond acceptors (Lipinski definition) is 4. The van der Waals surface area contributed by atoms with E-state index in [1.807, 2.05) is 0 Å². The third kappa shape index (κ3) is 3.74. The summed E-state index contributed by atoms with van der Waals surface area (Å²) >= 11 is 0. The van der Waals surface area contributed by atoms with E-state index < -0.39 is 18.0 Å². The molecule has 3 N–H and O–H groups in total. The van der Waals surface area contributed by atoms with Gasteiger partial charge >= 0.3 is 12.0 Å². The van der Waals surface area contributed by atoms with Gasteiger partial charge in [0.2, 0.25) is 0 Å². The number of hydrogen-bond donors (Lipinski definition) is 3. The summed E-state index contributed by atoms with van der Waals surface area (Å²) in [6.45, 7) is 1.63. The lowest BCUT2D eigenvalue weighted by molar-refractivity contribution is -0.140. The number of aryl methyl sites for hydroxylation is 2. The summed E-state index contributed by atoms with van der Waals surface area (Å²) in [5.41, 5.74) is 1.17. The van der Waals surface area contributed by atoms with Crippen LogP contribution >= 0.6 is 0 Å². The molecule has 0 bridgehead atoms. The molecule has 2 amide bonds. The molecule has 0 fully saturated rings. The molecule has 1 rings (SSSR count). The maximum absolute atomic E-state index is 11.6. The standard InChI is InChI=1S/C10H16N4O4/c1-6-7(4-14(2)13-6)11-10(17)12-8(5-18-3)9(15)16/h4,8H,5H2,1-3H3,(H,15,16)(H2,11,12,17). The molecule has 18 heavy (non-hydrogen) atoms. The summed E-state index contributed by atoms with van der Waals surface area (Å²) in [4.78, 5) is 22.4. The number of urea groups is 1. The number of methoxy groups -OCH3 is 1. The minimum atomic E-state index is -1.16. The summed E-state index contributed by atoms with van der Waals surface area (Å²) in [6.07, 6.45) is 1.63. The highest BCUT2D eigenvalue weighted by molar-refractivity contribution is 5.92. The molecule has 0 spiro atoms. The zero-order valence-electron chi connectivity index (χ0n) is 10.4. The molecule has 0 saturated heterocycles. The number of carboxylic acids is 1. The van der Waals surface area contributed by atoms with Crippen molar-refractivity contribution in [2.75, 3.05) is 19.0 Å². The van der Waals surface area contributed by atoms with Gasteiger partial charge in [-0.15, -0.1) is 0 Å². The Hall–Kier alpha value is -2.09. The minimum Gasteiger partial charge on any atom is -0.480 e. The molecule has 8 heteroatoms. The Morgan fingerprint density at radius 1 is 1.61 bits per heavy atom. The smallest absolute Gasteiger partial charge is 0.328 e. The van der Waals surface area contributed by atoms with Crippen molar-refractivity contribution in [2.45, 2.75) is 13.0 Å². The highest BCUT2D eigenvalue weighted by Crippen LogP contribution is 2.10. The van der Waals surface area contributed by atoms with E-state index in [9.17, 15) is 9.59 Å². The number of nitrogens with one attached hydrogen (secondary N) is 2. The van der Waals surface area contributed by atoms with E-state index in [2.05, 4.69) is 15.7 Å². The van der Waals surface area contributed by atoms with Gasteiger partial charge in [0.25, 0.3) is 0 Å². The number of carbonyl (C=O) groups is 2. The lowest BCUT2D eigenvalue weighted by Crippen LogP contribution is -2.45. The molecule has 8 nitrogen and oxygen atoms in total. The van der Waals surface area contributed by atoms with Crippen molar-refractivity contribution in [3.63, 3.8) is 0 Å². The zero-order chi connectivity index (χ0) is 13.7. The van der Waals surface area contributed by atoms with Crippen LogP contribution in [-0.2, 0) is 16.6 Å².